The Hall–Kier alpha value is -2.54. The van der Waals surface area contributed by atoms with Gasteiger partial charge in [0.25, 0.3) is 5.91 Å². The molecule has 0 unspecified atom stereocenters. The van der Waals surface area contributed by atoms with Crippen LogP contribution in [0.4, 0.5) is 13.2 Å². The molecule has 4 nitrogen and oxygen atoms in total. The molecule has 0 saturated heterocycles. The summed E-state index contributed by atoms with van der Waals surface area (Å²) in [6.07, 6.45) is 3.36. The van der Waals surface area contributed by atoms with E-state index in [1.54, 1.807) is 28.9 Å². The zero-order valence-electron chi connectivity index (χ0n) is 11.5. The summed E-state index contributed by atoms with van der Waals surface area (Å²) in [6, 6.07) is 4.89. The van der Waals surface area contributed by atoms with E-state index in [9.17, 15) is 18.0 Å². The second-order valence-corrected chi connectivity index (χ2v) is 5.18. The number of pyridine rings is 1. The largest absolute Gasteiger partial charge is 0.346 e. The third-order valence-corrected chi connectivity index (χ3v) is 3.42. The van der Waals surface area contributed by atoms with E-state index >= 15 is 0 Å². The Morgan fingerprint density at radius 1 is 1.22 bits per heavy atom. The molecule has 3 rings (SSSR count). The van der Waals surface area contributed by atoms with Gasteiger partial charge in [0.1, 0.15) is 5.65 Å². The van der Waals surface area contributed by atoms with Gasteiger partial charge < -0.3 is 9.72 Å². The molecule has 0 atom stereocenters. The van der Waals surface area contributed by atoms with Crippen LogP contribution >= 0.6 is 11.6 Å². The Morgan fingerprint density at radius 3 is 2.78 bits per heavy atom. The van der Waals surface area contributed by atoms with Crippen LogP contribution in [0.1, 0.15) is 16.1 Å². The molecule has 0 saturated carbocycles. The van der Waals surface area contributed by atoms with Crippen LogP contribution in [0.5, 0.6) is 0 Å². The molecule has 2 heterocycles. The Morgan fingerprint density at radius 2 is 2.00 bits per heavy atom. The normalized spacial score (nSPS) is 11.0. The zero-order chi connectivity index (χ0) is 16.6. The molecule has 23 heavy (non-hydrogen) atoms. The predicted octanol–water partition coefficient (Wildman–Crippen LogP) is 3.34. The summed E-state index contributed by atoms with van der Waals surface area (Å²) in [6.45, 7) is -0.00340. The van der Waals surface area contributed by atoms with E-state index in [-0.39, 0.29) is 6.54 Å². The number of aromatic nitrogens is 2. The van der Waals surface area contributed by atoms with Crippen molar-refractivity contribution in [3.8, 4) is 0 Å². The minimum absolute atomic E-state index is 0.00340. The van der Waals surface area contributed by atoms with Crippen molar-refractivity contribution in [1.29, 1.82) is 0 Å². The van der Waals surface area contributed by atoms with Gasteiger partial charge in [-0.05, 0) is 24.3 Å². The Kier molecular flexibility index (Phi) is 3.96. The van der Waals surface area contributed by atoms with Gasteiger partial charge >= 0.3 is 0 Å². The van der Waals surface area contributed by atoms with Crippen LogP contribution in [-0.2, 0) is 6.54 Å². The second kappa shape index (κ2) is 5.92. The van der Waals surface area contributed by atoms with Crippen LogP contribution < -0.4 is 5.32 Å². The number of nitrogens with zero attached hydrogens (tertiary/aromatic N) is 2. The minimum Gasteiger partial charge on any atom is -0.346 e. The predicted molar refractivity (Wildman–Crippen MR) is 77.7 cm³/mol. The molecule has 0 radical (unpaired) electrons. The average molecular weight is 340 g/mol. The maximum Gasteiger partial charge on any atom is 0.254 e. The summed E-state index contributed by atoms with van der Waals surface area (Å²) in [7, 11) is 0. The molecule has 8 heteroatoms. The Bertz CT molecular complexity index is 910. The molecular weight excluding hydrogens is 331 g/mol. The van der Waals surface area contributed by atoms with Crippen LogP contribution in [-0.4, -0.2) is 15.3 Å². The highest BCUT2D eigenvalue weighted by Crippen LogP contribution is 2.16. The first kappa shape index (κ1) is 15.4. The van der Waals surface area contributed by atoms with Gasteiger partial charge in [0, 0.05) is 17.4 Å². The van der Waals surface area contributed by atoms with Crippen molar-refractivity contribution < 1.29 is 18.0 Å². The number of carbonyl (C=O) groups excluding carboxylic acids is 1. The molecule has 1 aromatic carbocycles. The second-order valence-electron chi connectivity index (χ2n) is 4.75. The summed E-state index contributed by atoms with van der Waals surface area (Å²) in [5, 5.41) is 2.92. The van der Waals surface area contributed by atoms with Gasteiger partial charge in [-0.15, -0.1) is 0 Å². The molecule has 118 valence electrons. The van der Waals surface area contributed by atoms with Gasteiger partial charge in [-0.2, -0.15) is 0 Å². The molecule has 2 aromatic heterocycles. The first-order chi connectivity index (χ1) is 11.0. The van der Waals surface area contributed by atoms with Crippen molar-refractivity contribution in [2.75, 3.05) is 0 Å². The summed E-state index contributed by atoms with van der Waals surface area (Å²) < 4.78 is 41.2. The van der Waals surface area contributed by atoms with Gasteiger partial charge in [-0.25, -0.2) is 18.2 Å². The van der Waals surface area contributed by atoms with Crippen molar-refractivity contribution in [2.24, 2.45) is 0 Å². The smallest absolute Gasteiger partial charge is 0.254 e. The van der Waals surface area contributed by atoms with Crippen molar-refractivity contribution >= 4 is 23.2 Å². The van der Waals surface area contributed by atoms with Crippen molar-refractivity contribution in [3.63, 3.8) is 0 Å². The number of fused-ring (bicyclic) bond motifs is 1. The first-order valence-corrected chi connectivity index (χ1v) is 6.88. The van der Waals surface area contributed by atoms with Crippen molar-refractivity contribution in [3.05, 3.63) is 70.4 Å². The molecule has 3 aromatic rings. The van der Waals surface area contributed by atoms with Gasteiger partial charge in [0.15, 0.2) is 17.5 Å². The third kappa shape index (κ3) is 3.00. The van der Waals surface area contributed by atoms with E-state index in [1.807, 2.05) is 0 Å². The number of imidazole rings is 1. The number of hydrogen-bond acceptors (Lipinski definition) is 2. The van der Waals surface area contributed by atoms with Gasteiger partial charge in [-0.1, -0.05) is 11.6 Å². The van der Waals surface area contributed by atoms with E-state index in [1.165, 1.54) is 0 Å². The number of amides is 1. The Labute approximate surface area is 133 Å². The number of hydrogen-bond donors (Lipinski definition) is 1. The quantitative estimate of drug-likeness (QED) is 0.744. The zero-order valence-corrected chi connectivity index (χ0v) is 12.2. The molecule has 0 aliphatic heterocycles. The van der Waals surface area contributed by atoms with Crippen LogP contribution in [0.3, 0.4) is 0 Å². The van der Waals surface area contributed by atoms with Gasteiger partial charge in [0.2, 0.25) is 0 Å². The number of carbonyl (C=O) groups is 1. The van der Waals surface area contributed by atoms with Crippen LogP contribution in [0, 0.1) is 17.5 Å². The number of benzene rings is 1. The van der Waals surface area contributed by atoms with Crippen LogP contribution in [0.15, 0.2) is 36.7 Å². The molecule has 0 spiro atoms. The third-order valence-electron chi connectivity index (χ3n) is 3.18. The number of nitrogens with one attached hydrogen (secondary N) is 1. The van der Waals surface area contributed by atoms with E-state index < -0.39 is 28.9 Å². The lowest BCUT2D eigenvalue weighted by molar-refractivity contribution is 0.0945. The topological polar surface area (TPSA) is 46.4 Å². The summed E-state index contributed by atoms with van der Waals surface area (Å²) in [5.41, 5.74) is 0.514. The van der Waals surface area contributed by atoms with Crippen LogP contribution in [0.2, 0.25) is 5.02 Å². The average Bonchev–Trinajstić information content (AvgIpc) is 2.92. The summed E-state index contributed by atoms with van der Waals surface area (Å²) >= 11 is 5.85. The van der Waals surface area contributed by atoms with Gasteiger partial charge in [0.05, 0.1) is 17.8 Å². The van der Waals surface area contributed by atoms with Crippen LogP contribution in [0.25, 0.3) is 5.65 Å². The monoisotopic (exact) mass is 339 g/mol. The summed E-state index contributed by atoms with van der Waals surface area (Å²) in [4.78, 5) is 16.1. The minimum atomic E-state index is -1.68. The lowest BCUT2D eigenvalue weighted by Gasteiger charge is -2.05. The molecule has 1 N–H and O–H groups in total. The lowest BCUT2D eigenvalue weighted by atomic mass is 10.2. The van der Waals surface area contributed by atoms with Crippen molar-refractivity contribution in [2.45, 2.75) is 6.54 Å². The fourth-order valence-electron chi connectivity index (χ4n) is 2.06. The molecule has 0 aliphatic rings. The van der Waals surface area contributed by atoms with E-state index in [4.69, 9.17) is 11.6 Å². The number of halogens is 4. The van der Waals surface area contributed by atoms with Crippen molar-refractivity contribution in [1.82, 2.24) is 14.7 Å². The maximum atomic E-state index is 13.5. The molecule has 0 fully saturated rings. The van der Waals surface area contributed by atoms with Gasteiger partial charge in [-0.3, -0.25) is 4.79 Å². The number of rotatable bonds is 3. The molecular formula is C15H9ClF3N3O. The molecule has 1 amide bonds. The first-order valence-electron chi connectivity index (χ1n) is 6.50. The fourth-order valence-corrected chi connectivity index (χ4v) is 2.22. The molecule has 0 aliphatic carbocycles. The van der Waals surface area contributed by atoms with E-state index in [0.717, 1.165) is 6.07 Å². The standard InChI is InChI=1S/C15H9ClF3N3O/c16-8-3-4-22-7-9(21-12(22)5-8)6-20-15(23)10-1-2-11(17)14(19)13(10)18/h1-5,7H,6H2,(H,20,23). The Balaban J connectivity index is 1.77. The SMILES string of the molecule is O=C(NCc1cn2ccc(Cl)cc2n1)c1ccc(F)c(F)c1F. The highest BCUT2D eigenvalue weighted by atomic mass is 35.5. The lowest BCUT2D eigenvalue weighted by Crippen LogP contribution is -2.24. The molecule has 0 bridgehead atoms. The van der Waals surface area contributed by atoms with E-state index in [0.29, 0.717) is 22.4 Å². The highest BCUT2D eigenvalue weighted by molar-refractivity contribution is 6.30. The van der Waals surface area contributed by atoms with E-state index in [2.05, 4.69) is 10.3 Å². The highest BCUT2D eigenvalue weighted by Gasteiger charge is 2.18. The maximum absolute atomic E-state index is 13.5. The summed E-state index contributed by atoms with van der Waals surface area (Å²) in [5.74, 6) is -5.42. The fraction of sp³-hybridized carbons (Fsp3) is 0.0667.